The van der Waals surface area contributed by atoms with E-state index in [1.165, 1.54) is 29.8 Å². The molecule has 2 aromatic rings. The second-order valence-corrected chi connectivity index (χ2v) is 25.5. The Bertz CT molecular complexity index is 1300. The molecule has 50 heavy (non-hydrogen) atoms. The first kappa shape index (κ1) is 47.8. The fraction of sp³-hybridized carbons (Fsp3) is 0.667. The summed E-state index contributed by atoms with van der Waals surface area (Å²) in [6.07, 6.45) is 2.23. The Morgan fingerprint density at radius 3 is 1.60 bits per heavy atom. The third kappa shape index (κ3) is 22.1. The summed E-state index contributed by atoms with van der Waals surface area (Å²) >= 11 is 15.9. The molecule has 288 valence electrons. The van der Waals surface area contributed by atoms with E-state index in [0.29, 0.717) is 44.9 Å². The molecule has 3 fully saturated rings. The van der Waals surface area contributed by atoms with Gasteiger partial charge in [0, 0.05) is 16.6 Å². The number of ether oxygens (including phenoxy) is 3. The molecule has 3 saturated heterocycles. The lowest BCUT2D eigenvalue weighted by molar-refractivity contribution is 0.0670. The molecule has 2 aromatic carbocycles. The van der Waals surface area contributed by atoms with Crippen molar-refractivity contribution >= 4 is 58.6 Å². The SMILES string of the molecule is CC1(C)COP(=S)(S)OC1.CCC.CCC.Cc1ccccc1OCC(O)CSP1(=S)OCC(C)(C)CO1.Cc1ccccc1OCC1CO1. The molecule has 1 N–H and O–H groups in total. The van der Waals surface area contributed by atoms with Gasteiger partial charge in [0.15, 0.2) is 0 Å². The second-order valence-electron chi connectivity index (χ2n) is 13.8. The highest BCUT2D eigenvalue weighted by molar-refractivity contribution is 8.67. The Morgan fingerprint density at radius 2 is 1.20 bits per heavy atom. The van der Waals surface area contributed by atoms with Crippen molar-refractivity contribution in [3.63, 3.8) is 0 Å². The number of rotatable bonds is 9. The molecule has 2 atom stereocenters. The Balaban J connectivity index is 0.000000375. The van der Waals surface area contributed by atoms with Gasteiger partial charge in [-0.05, 0) is 60.7 Å². The first-order chi connectivity index (χ1) is 23.4. The summed E-state index contributed by atoms with van der Waals surface area (Å²) in [6, 6.07) is 15.8. The van der Waals surface area contributed by atoms with Crippen LogP contribution in [0.25, 0.3) is 0 Å². The average Bonchev–Trinajstić information content (AvgIpc) is 3.89. The number of epoxide rings is 1. The molecule has 0 bridgehead atoms. The summed E-state index contributed by atoms with van der Waals surface area (Å²) in [5.74, 6) is 2.21. The highest BCUT2D eigenvalue weighted by atomic mass is 32.9. The molecule has 5 rings (SSSR count). The smallest absolute Gasteiger partial charge is 0.247 e. The highest BCUT2D eigenvalue weighted by Crippen LogP contribution is 2.64. The van der Waals surface area contributed by atoms with Gasteiger partial charge in [0.05, 0.1) is 39.1 Å². The predicted octanol–water partition coefficient (Wildman–Crippen LogP) is 10.6. The van der Waals surface area contributed by atoms with Crippen molar-refractivity contribution < 1.29 is 37.4 Å². The molecule has 3 heterocycles. The van der Waals surface area contributed by atoms with E-state index >= 15 is 0 Å². The van der Waals surface area contributed by atoms with Crippen LogP contribution in [0.15, 0.2) is 48.5 Å². The van der Waals surface area contributed by atoms with Crippen LogP contribution in [-0.2, 0) is 46.4 Å². The molecule has 0 aromatic heterocycles. The van der Waals surface area contributed by atoms with Crippen LogP contribution in [0.2, 0.25) is 0 Å². The summed E-state index contributed by atoms with van der Waals surface area (Å²) in [6.45, 7) is 25.2. The van der Waals surface area contributed by atoms with Gasteiger partial charge in [0.1, 0.15) is 30.8 Å². The zero-order valence-electron chi connectivity index (χ0n) is 31.7. The molecular formula is C36H62O8P2S4. The topological polar surface area (TPSA) is 88.1 Å². The summed E-state index contributed by atoms with van der Waals surface area (Å²) < 4.78 is 38.2. The molecule has 0 aliphatic carbocycles. The minimum Gasteiger partial charge on any atom is -0.491 e. The first-order valence-electron chi connectivity index (χ1n) is 17.2. The van der Waals surface area contributed by atoms with Crippen LogP contribution in [0, 0.1) is 24.7 Å². The number of para-hydroxylation sites is 2. The molecular weight excluding hydrogens is 751 g/mol. The van der Waals surface area contributed by atoms with Gasteiger partial charge in [-0.2, -0.15) is 0 Å². The Hall–Kier alpha value is -0.200. The van der Waals surface area contributed by atoms with Crippen molar-refractivity contribution in [3.05, 3.63) is 59.7 Å². The van der Waals surface area contributed by atoms with E-state index in [1.54, 1.807) is 0 Å². The second kappa shape index (κ2) is 24.3. The highest BCUT2D eigenvalue weighted by Gasteiger charge is 2.34. The van der Waals surface area contributed by atoms with E-state index in [4.69, 9.17) is 55.9 Å². The lowest BCUT2D eigenvalue weighted by atomic mass is 9.97. The van der Waals surface area contributed by atoms with Gasteiger partial charge in [0.2, 0.25) is 11.4 Å². The minimum atomic E-state index is -2.32. The third-order valence-electron chi connectivity index (χ3n) is 6.33. The lowest BCUT2D eigenvalue weighted by Gasteiger charge is -2.36. The third-order valence-corrected chi connectivity index (χ3v) is 13.9. The van der Waals surface area contributed by atoms with Gasteiger partial charge in [-0.15, -0.1) is 0 Å². The van der Waals surface area contributed by atoms with Gasteiger partial charge in [-0.3, -0.25) is 0 Å². The minimum absolute atomic E-state index is 0.00936. The summed E-state index contributed by atoms with van der Waals surface area (Å²) in [5.41, 5.74) is -2.11. The molecule has 0 saturated carbocycles. The Morgan fingerprint density at radius 1 is 0.800 bits per heavy atom. The van der Waals surface area contributed by atoms with Crippen molar-refractivity contribution in [1.82, 2.24) is 0 Å². The summed E-state index contributed by atoms with van der Waals surface area (Å²) in [7, 11) is 0. The number of aliphatic hydroxyl groups is 1. The zero-order valence-corrected chi connectivity index (χ0v) is 36.8. The number of benzene rings is 2. The van der Waals surface area contributed by atoms with E-state index in [0.717, 1.165) is 23.7 Å². The van der Waals surface area contributed by atoms with Gasteiger partial charge in [-0.25, -0.2) is 0 Å². The molecule has 0 amide bonds. The van der Waals surface area contributed by atoms with E-state index in [2.05, 4.69) is 67.6 Å². The van der Waals surface area contributed by atoms with Crippen molar-refractivity contribution in [1.29, 1.82) is 0 Å². The van der Waals surface area contributed by atoms with Crippen LogP contribution in [0.5, 0.6) is 11.5 Å². The number of aryl methyl sites for hydroxylation is 2. The van der Waals surface area contributed by atoms with Gasteiger partial charge in [0.25, 0.3) is 0 Å². The fourth-order valence-electron chi connectivity index (χ4n) is 3.45. The average molecular weight is 813 g/mol. The van der Waals surface area contributed by atoms with Crippen LogP contribution in [-0.4, -0.2) is 69.3 Å². The molecule has 14 heteroatoms. The summed E-state index contributed by atoms with van der Waals surface area (Å²) in [4.78, 5) is 0. The summed E-state index contributed by atoms with van der Waals surface area (Å²) in [5, 5.41) is 10.1. The number of hydrogen-bond acceptors (Lipinski definition) is 11. The van der Waals surface area contributed by atoms with E-state index in [9.17, 15) is 5.11 Å². The molecule has 3 aliphatic rings. The van der Waals surface area contributed by atoms with Crippen molar-refractivity contribution in [3.8, 4) is 11.5 Å². The van der Waals surface area contributed by atoms with Crippen molar-refractivity contribution in [2.24, 2.45) is 10.8 Å². The molecule has 0 spiro atoms. The first-order valence-corrected chi connectivity index (χ1v) is 25.2. The van der Waals surface area contributed by atoms with Crippen LogP contribution in [0.1, 0.15) is 79.4 Å². The quantitative estimate of drug-likeness (QED) is 0.144. The maximum absolute atomic E-state index is 10.1. The monoisotopic (exact) mass is 812 g/mol. The maximum atomic E-state index is 10.1. The largest absolute Gasteiger partial charge is 0.491 e. The fourth-order valence-corrected chi connectivity index (χ4v) is 9.59. The van der Waals surface area contributed by atoms with E-state index in [1.807, 2.05) is 62.4 Å². The van der Waals surface area contributed by atoms with Crippen molar-refractivity contribution in [2.75, 3.05) is 52.0 Å². The standard InChI is InChI=1S/C15H23O4PS2.C10H12O2.C5H11O2PS2.2C3H8/c1-12-6-4-5-7-14(12)17-8-13(16)9-22-20(21)18-10-15(2,3)11-19-20;1-8-4-2-3-5-10(8)12-7-9-6-11-9;1-5(2)3-6-8(9,10)7-4-5;2*1-3-2/h4-7,13,16H,8-11H2,1-3H3;2-5,9H,6-7H2,1H3;3-4H2,1-2H3,(H,9,10);2*3H2,1-2H3. The van der Waals surface area contributed by atoms with Crippen LogP contribution < -0.4 is 9.47 Å². The zero-order chi connectivity index (χ0) is 37.8. The lowest BCUT2D eigenvalue weighted by Crippen LogP contribution is -2.29. The normalized spacial score (nSPS) is 21.0. The number of hydrogen-bond donors (Lipinski definition) is 2. The number of aliphatic hydroxyl groups excluding tert-OH is 1. The Labute approximate surface area is 322 Å². The molecule has 0 radical (unpaired) electrons. The Kier molecular flexibility index (Phi) is 23.2. The van der Waals surface area contributed by atoms with Crippen molar-refractivity contribution in [2.45, 2.75) is 94.3 Å². The predicted molar refractivity (Wildman–Crippen MR) is 222 cm³/mol. The van der Waals surface area contributed by atoms with E-state index < -0.39 is 17.5 Å². The van der Waals surface area contributed by atoms with Crippen LogP contribution in [0.3, 0.4) is 0 Å². The number of thiol groups is 1. The van der Waals surface area contributed by atoms with Crippen LogP contribution in [0.4, 0.5) is 0 Å². The van der Waals surface area contributed by atoms with Gasteiger partial charge in [-0.1, -0.05) is 128 Å². The molecule has 2 unspecified atom stereocenters. The molecule has 8 nitrogen and oxygen atoms in total. The van der Waals surface area contributed by atoms with Gasteiger partial charge >= 0.3 is 0 Å². The van der Waals surface area contributed by atoms with Gasteiger partial charge < -0.3 is 37.4 Å². The molecule has 3 aliphatic heterocycles. The maximum Gasteiger partial charge on any atom is 0.247 e. The van der Waals surface area contributed by atoms with Crippen LogP contribution >= 0.6 is 35.0 Å². The van der Waals surface area contributed by atoms with E-state index in [-0.39, 0.29) is 17.4 Å².